The van der Waals surface area contributed by atoms with Crippen LogP contribution in [-0.4, -0.2) is 12.2 Å². The number of nitrogens with one attached hydrogen (secondary N) is 1. The number of rotatable bonds is 8. The number of epoxide rings is 1. The van der Waals surface area contributed by atoms with Gasteiger partial charge in [-0.05, 0) is 66.8 Å². The van der Waals surface area contributed by atoms with Crippen LogP contribution in [0.3, 0.4) is 0 Å². The van der Waals surface area contributed by atoms with Gasteiger partial charge in [0.1, 0.15) is 12.7 Å². The summed E-state index contributed by atoms with van der Waals surface area (Å²) >= 11 is 3.27. The van der Waals surface area contributed by atoms with E-state index in [4.69, 9.17) is 9.47 Å². The summed E-state index contributed by atoms with van der Waals surface area (Å²) in [7, 11) is 0. The molecule has 0 spiro atoms. The lowest BCUT2D eigenvalue weighted by Crippen LogP contribution is -2.30. The molecule has 208 valence electrons. The first-order valence-corrected chi connectivity index (χ1v) is 12.8. The zero-order valence-corrected chi connectivity index (χ0v) is 22.2. The van der Waals surface area contributed by atoms with Gasteiger partial charge >= 0.3 is 18.4 Å². The Labute approximate surface area is 229 Å². The Morgan fingerprint density at radius 3 is 2.33 bits per heavy atom. The minimum absolute atomic E-state index is 0.0359. The minimum Gasteiger partial charge on any atom is -0.445 e. The van der Waals surface area contributed by atoms with Gasteiger partial charge in [0.2, 0.25) is 0 Å². The number of amides is 1. The fourth-order valence-corrected chi connectivity index (χ4v) is 4.85. The summed E-state index contributed by atoms with van der Waals surface area (Å²) in [5, 5.41) is 2.64. The van der Waals surface area contributed by atoms with Gasteiger partial charge in [-0.3, -0.25) is 0 Å². The third kappa shape index (κ3) is 7.76. The second kappa shape index (κ2) is 11.6. The van der Waals surface area contributed by atoms with Crippen LogP contribution in [0, 0.1) is 6.92 Å². The lowest BCUT2D eigenvalue weighted by atomic mass is 9.96. The van der Waals surface area contributed by atoms with E-state index in [1.54, 1.807) is 43.3 Å². The predicted octanol–water partition coefficient (Wildman–Crippen LogP) is 8.68. The van der Waals surface area contributed by atoms with Crippen molar-refractivity contribution in [1.82, 2.24) is 5.32 Å². The highest BCUT2D eigenvalue weighted by atomic mass is 79.9. The molecule has 1 amide bonds. The van der Waals surface area contributed by atoms with Crippen molar-refractivity contribution in [2.75, 3.05) is 0 Å². The Morgan fingerprint density at radius 1 is 0.974 bits per heavy atom. The van der Waals surface area contributed by atoms with Gasteiger partial charge in [0.15, 0.2) is 0 Å². The number of hydrogen-bond acceptors (Lipinski definition) is 3. The van der Waals surface area contributed by atoms with Crippen LogP contribution >= 0.6 is 15.9 Å². The number of hydrogen-bond donors (Lipinski definition) is 1. The molecule has 11 heteroatoms. The zero-order chi connectivity index (χ0) is 28.4. The smallest absolute Gasteiger partial charge is 0.416 e. The topological polar surface area (TPSA) is 50.9 Å². The van der Waals surface area contributed by atoms with E-state index < -0.39 is 47.8 Å². The van der Waals surface area contributed by atoms with Crippen LogP contribution in [0.25, 0.3) is 0 Å². The van der Waals surface area contributed by atoms with E-state index in [1.165, 1.54) is 6.07 Å². The molecule has 1 aliphatic rings. The maximum atomic E-state index is 13.4. The van der Waals surface area contributed by atoms with E-state index in [1.807, 2.05) is 0 Å². The Bertz CT molecular complexity index is 1310. The molecule has 3 aromatic rings. The summed E-state index contributed by atoms with van der Waals surface area (Å²) in [6.07, 6.45) is -10.5. The number of ether oxygens (including phenoxy) is 2. The standard InChI is InChI=1S/C28H24BrF6NO3/c1-16-11-18(13-20(12-16)28(33,34)35)25-24(39-25)10-9-23(21-14-19(27(30,31)32)7-8-22(21)29)36-26(37)38-15-17-5-3-2-4-6-17/h2-8,11-14,23-25H,9-10,15H2,1H3,(H,36,37)/t23-,24+,25+/m0/s1. The largest absolute Gasteiger partial charge is 0.445 e. The lowest BCUT2D eigenvalue weighted by molar-refractivity contribution is -0.138. The summed E-state index contributed by atoms with van der Waals surface area (Å²) < 4.78 is 91.2. The van der Waals surface area contributed by atoms with Gasteiger partial charge in [0, 0.05) is 4.47 Å². The SMILES string of the molecule is Cc1cc([C@H]2O[C@@H]2CC[C@H](NC(=O)OCc2ccccc2)c2cc(C(F)(F)F)ccc2Br)cc(C(F)(F)F)c1. The average molecular weight is 616 g/mol. The van der Waals surface area contributed by atoms with E-state index in [-0.39, 0.29) is 25.0 Å². The summed E-state index contributed by atoms with van der Waals surface area (Å²) in [6.45, 7) is 1.52. The number of aryl methyl sites for hydroxylation is 1. The fourth-order valence-electron chi connectivity index (χ4n) is 4.33. The Balaban J connectivity index is 1.49. The van der Waals surface area contributed by atoms with Gasteiger partial charge in [-0.1, -0.05) is 57.9 Å². The molecule has 3 aromatic carbocycles. The number of alkyl carbamates (subject to hydrolysis) is 1. The molecule has 0 saturated carbocycles. The molecule has 0 unspecified atom stereocenters. The fraction of sp³-hybridized carbons (Fsp3) is 0.321. The second-order valence-corrected chi connectivity index (χ2v) is 10.1. The Hall–Kier alpha value is -3.05. The molecule has 0 aromatic heterocycles. The lowest BCUT2D eigenvalue weighted by Gasteiger charge is -2.21. The van der Waals surface area contributed by atoms with Gasteiger partial charge in [-0.25, -0.2) is 4.79 Å². The minimum atomic E-state index is -4.60. The number of benzene rings is 3. The monoisotopic (exact) mass is 615 g/mol. The molecule has 39 heavy (non-hydrogen) atoms. The van der Waals surface area contributed by atoms with E-state index in [2.05, 4.69) is 21.2 Å². The van der Waals surface area contributed by atoms with Crippen molar-refractivity contribution >= 4 is 22.0 Å². The summed E-state index contributed by atoms with van der Waals surface area (Å²) in [4.78, 5) is 12.6. The van der Waals surface area contributed by atoms with Crippen LogP contribution in [0.15, 0.2) is 71.2 Å². The summed E-state index contributed by atoms with van der Waals surface area (Å²) in [5.41, 5.74) is 0.0659. The maximum Gasteiger partial charge on any atom is 0.416 e. The Morgan fingerprint density at radius 2 is 1.67 bits per heavy atom. The van der Waals surface area contributed by atoms with Crippen LogP contribution in [-0.2, 0) is 28.4 Å². The number of carbonyl (C=O) groups is 1. The average Bonchev–Trinajstić information content (AvgIpc) is 3.64. The third-order valence-corrected chi connectivity index (χ3v) is 7.00. The van der Waals surface area contributed by atoms with Crippen molar-refractivity contribution in [2.45, 2.75) is 57.0 Å². The first-order chi connectivity index (χ1) is 18.3. The highest BCUT2D eigenvalue weighted by molar-refractivity contribution is 9.10. The van der Waals surface area contributed by atoms with E-state index in [0.717, 1.165) is 29.8 Å². The highest BCUT2D eigenvalue weighted by Crippen LogP contribution is 2.45. The van der Waals surface area contributed by atoms with Crippen molar-refractivity contribution < 1.29 is 40.6 Å². The van der Waals surface area contributed by atoms with Gasteiger partial charge in [0.25, 0.3) is 0 Å². The Kier molecular flexibility index (Phi) is 8.60. The molecule has 1 N–H and O–H groups in total. The molecular weight excluding hydrogens is 592 g/mol. The number of halogens is 7. The molecule has 3 atom stereocenters. The highest BCUT2D eigenvalue weighted by Gasteiger charge is 2.42. The van der Waals surface area contributed by atoms with Gasteiger partial charge in [-0.15, -0.1) is 0 Å². The quantitative estimate of drug-likeness (QED) is 0.204. The molecule has 1 fully saturated rings. The maximum absolute atomic E-state index is 13.4. The molecule has 0 aliphatic carbocycles. The van der Waals surface area contributed by atoms with Crippen molar-refractivity contribution in [2.24, 2.45) is 0 Å². The van der Waals surface area contributed by atoms with Crippen LogP contribution in [0.5, 0.6) is 0 Å². The van der Waals surface area contributed by atoms with Crippen LogP contribution in [0.1, 0.15) is 58.4 Å². The normalized spacial score (nSPS) is 17.9. The van der Waals surface area contributed by atoms with E-state index in [0.29, 0.717) is 15.6 Å². The molecule has 4 rings (SSSR count). The molecular formula is C28H24BrF6NO3. The molecule has 1 saturated heterocycles. The third-order valence-electron chi connectivity index (χ3n) is 6.28. The molecule has 1 heterocycles. The van der Waals surface area contributed by atoms with Crippen molar-refractivity contribution in [3.63, 3.8) is 0 Å². The van der Waals surface area contributed by atoms with Crippen molar-refractivity contribution in [1.29, 1.82) is 0 Å². The molecule has 4 nitrogen and oxygen atoms in total. The zero-order valence-electron chi connectivity index (χ0n) is 20.6. The first kappa shape index (κ1) is 28.9. The summed E-state index contributed by atoms with van der Waals surface area (Å²) in [6, 6.07) is 14.8. The first-order valence-electron chi connectivity index (χ1n) is 12.0. The van der Waals surface area contributed by atoms with E-state index in [9.17, 15) is 31.1 Å². The second-order valence-electron chi connectivity index (χ2n) is 9.30. The van der Waals surface area contributed by atoms with Crippen LogP contribution in [0.2, 0.25) is 0 Å². The molecule has 0 bridgehead atoms. The van der Waals surface area contributed by atoms with Gasteiger partial charge < -0.3 is 14.8 Å². The molecule has 1 aliphatic heterocycles. The van der Waals surface area contributed by atoms with Gasteiger partial charge in [0.05, 0.1) is 23.3 Å². The number of alkyl halides is 6. The van der Waals surface area contributed by atoms with Gasteiger partial charge in [-0.2, -0.15) is 26.3 Å². The summed E-state index contributed by atoms with van der Waals surface area (Å²) in [5.74, 6) is 0. The van der Waals surface area contributed by atoms with Crippen LogP contribution in [0.4, 0.5) is 31.1 Å². The van der Waals surface area contributed by atoms with E-state index >= 15 is 0 Å². The van der Waals surface area contributed by atoms with Crippen molar-refractivity contribution in [3.8, 4) is 0 Å². The molecule has 0 radical (unpaired) electrons. The van der Waals surface area contributed by atoms with Crippen LogP contribution < -0.4 is 5.32 Å². The predicted molar refractivity (Wildman–Crippen MR) is 135 cm³/mol. The van der Waals surface area contributed by atoms with Crippen molar-refractivity contribution in [3.05, 3.63) is 105 Å². The number of carbonyl (C=O) groups excluding carboxylic acids is 1.